The van der Waals surface area contributed by atoms with Gasteiger partial charge in [0.05, 0.1) is 12.2 Å². The minimum atomic E-state index is 0.528. The largest absolute Gasteiger partial charge is 0.379 e. The van der Waals surface area contributed by atoms with Crippen molar-refractivity contribution in [2.75, 3.05) is 32.8 Å². The molecule has 0 amide bonds. The van der Waals surface area contributed by atoms with Gasteiger partial charge in [0.1, 0.15) is 0 Å². The molecule has 0 radical (unpaired) electrons. The van der Waals surface area contributed by atoms with Crippen LogP contribution in [0.4, 0.5) is 0 Å². The quantitative estimate of drug-likeness (QED) is 0.679. The van der Waals surface area contributed by atoms with Gasteiger partial charge in [-0.15, -0.1) is 0 Å². The topological polar surface area (TPSA) is 21.7 Å². The summed E-state index contributed by atoms with van der Waals surface area (Å²) < 4.78 is 11.5. The third kappa shape index (κ3) is 6.25. The molecule has 1 aliphatic carbocycles. The van der Waals surface area contributed by atoms with Crippen LogP contribution < -0.4 is 0 Å². The van der Waals surface area contributed by atoms with E-state index in [0.29, 0.717) is 12.2 Å². The highest BCUT2D eigenvalue weighted by molar-refractivity contribution is 4.75. The Morgan fingerprint density at radius 3 is 1.95 bits per heavy atom. The molecule has 0 bridgehead atoms. The first-order valence-electron chi connectivity index (χ1n) is 9.27. The van der Waals surface area contributed by atoms with E-state index in [9.17, 15) is 0 Å². The summed E-state index contributed by atoms with van der Waals surface area (Å²) in [5, 5.41) is 0. The highest BCUT2D eigenvalue weighted by Gasteiger charge is 2.22. The Morgan fingerprint density at radius 1 is 0.810 bits per heavy atom. The molecule has 1 saturated heterocycles. The zero-order chi connectivity index (χ0) is 14.9. The van der Waals surface area contributed by atoms with Crippen molar-refractivity contribution >= 4 is 0 Å². The average Bonchev–Trinajstić information content (AvgIpc) is 2.51. The van der Waals surface area contributed by atoms with E-state index in [1.807, 2.05) is 0 Å². The third-order valence-corrected chi connectivity index (χ3v) is 5.22. The SMILES string of the molecule is CCOC1CCN(CCC[C@H]2CC[C@H](OCC)CC2)CC1. The summed E-state index contributed by atoms with van der Waals surface area (Å²) in [6, 6.07) is 0. The maximum Gasteiger partial charge on any atom is 0.0599 e. The molecule has 2 fully saturated rings. The molecule has 0 aromatic rings. The van der Waals surface area contributed by atoms with E-state index in [0.717, 1.165) is 19.1 Å². The van der Waals surface area contributed by atoms with Gasteiger partial charge in [-0.05, 0) is 77.7 Å². The van der Waals surface area contributed by atoms with Crippen molar-refractivity contribution in [3.05, 3.63) is 0 Å². The predicted octanol–water partition coefficient (Wildman–Crippen LogP) is 3.86. The molecule has 1 saturated carbocycles. The lowest BCUT2D eigenvalue weighted by atomic mass is 9.84. The summed E-state index contributed by atoms with van der Waals surface area (Å²) in [5.41, 5.74) is 0. The van der Waals surface area contributed by atoms with E-state index < -0.39 is 0 Å². The second-order valence-electron chi connectivity index (χ2n) is 6.74. The second kappa shape index (κ2) is 9.81. The Kier molecular flexibility index (Phi) is 8.05. The third-order valence-electron chi connectivity index (χ3n) is 5.22. The van der Waals surface area contributed by atoms with E-state index in [1.165, 1.54) is 71.0 Å². The smallest absolute Gasteiger partial charge is 0.0599 e. The molecule has 3 nitrogen and oxygen atoms in total. The van der Waals surface area contributed by atoms with Crippen molar-refractivity contribution in [2.45, 2.75) is 77.4 Å². The van der Waals surface area contributed by atoms with E-state index >= 15 is 0 Å². The molecular weight excluding hydrogens is 262 g/mol. The molecule has 124 valence electrons. The van der Waals surface area contributed by atoms with Crippen LogP contribution in [-0.2, 0) is 9.47 Å². The summed E-state index contributed by atoms with van der Waals surface area (Å²) >= 11 is 0. The van der Waals surface area contributed by atoms with Crippen molar-refractivity contribution in [3.63, 3.8) is 0 Å². The lowest BCUT2D eigenvalue weighted by Crippen LogP contribution is -2.37. The number of likely N-dealkylation sites (tertiary alicyclic amines) is 1. The first-order valence-corrected chi connectivity index (χ1v) is 9.27. The molecule has 2 aliphatic rings. The van der Waals surface area contributed by atoms with Gasteiger partial charge >= 0.3 is 0 Å². The average molecular weight is 297 g/mol. The van der Waals surface area contributed by atoms with E-state index in [2.05, 4.69) is 18.7 Å². The van der Waals surface area contributed by atoms with Crippen LogP contribution in [-0.4, -0.2) is 50.0 Å². The van der Waals surface area contributed by atoms with E-state index in [1.54, 1.807) is 0 Å². The normalized spacial score (nSPS) is 28.9. The fourth-order valence-electron chi connectivity index (χ4n) is 3.96. The van der Waals surface area contributed by atoms with Crippen molar-refractivity contribution in [2.24, 2.45) is 5.92 Å². The standard InChI is InChI=1S/C18H35NO2/c1-3-20-17-9-7-16(8-10-17)6-5-13-19-14-11-18(12-15-19)21-4-2/h16-18H,3-15H2,1-2H3/t16-,17-. The van der Waals surface area contributed by atoms with Crippen LogP contribution in [0.15, 0.2) is 0 Å². The minimum absolute atomic E-state index is 0.528. The number of piperidine rings is 1. The van der Waals surface area contributed by atoms with Gasteiger partial charge in [-0.25, -0.2) is 0 Å². The van der Waals surface area contributed by atoms with Crippen LogP contribution in [0.5, 0.6) is 0 Å². The van der Waals surface area contributed by atoms with E-state index in [-0.39, 0.29) is 0 Å². The molecule has 0 aromatic heterocycles. The van der Waals surface area contributed by atoms with Crippen LogP contribution in [0, 0.1) is 5.92 Å². The predicted molar refractivity (Wildman–Crippen MR) is 87.7 cm³/mol. The summed E-state index contributed by atoms with van der Waals surface area (Å²) in [5.74, 6) is 0.961. The van der Waals surface area contributed by atoms with Gasteiger partial charge in [0.15, 0.2) is 0 Å². The fraction of sp³-hybridized carbons (Fsp3) is 1.00. The number of hydrogen-bond acceptors (Lipinski definition) is 3. The van der Waals surface area contributed by atoms with Gasteiger partial charge in [-0.3, -0.25) is 0 Å². The summed E-state index contributed by atoms with van der Waals surface area (Å²) in [4.78, 5) is 2.64. The van der Waals surface area contributed by atoms with Gasteiger partial charge in [0.25, 0.3) is 0 Å². The maximum atomic E-state index is 5.74. The maximum absolute atomic E-state index is 5.74. The van der Waals surface area contributed by atoms with Crippen LogP contribution >= 0.6 is 0 Å². The van der Waals surface area contributed by atoms with Crippen molar-refractivity contribution < 1.29 is 9.47 Å². The van der Waals surface area contributed by atoms with Gasteiger partial charge in [-0.2, -0.15) is 0 Å². The highest BCUT2D eigenvalue weighted by Crippen LogP contribution is 2.29. The van der Waals surface area contributed by atoms with Gasteiger partial charge < -0.3 is 14.4 Å². The highest BCUT2D eigenvalue weighted by atomic mass is 16.5. The molecule has 0 spiro atoms. The van der Waals surface area contributed by atoms with Gasteiger partial charge in [0.2, 0.25) is 0 Å². The van der Waals surface area contributed by atoms with Crippen LogP contribution in [0.1, 0.15) is 65.2 Å². The van der Waals surface area contributed by atoms with Crippen molar-refractivity contribution in [1.29, 1.82) is 0 Å². The molecule has 0 atom stereocenters. The fourth-order valence-corrected chi connectivity index (χ4v) is 3.96. The summed E-state index contributed by atoms with van der Waals surface area (Å²) in [6.45, 7) is 9.74. The van der Waals surface area contributed by atoms with Gasteiger partial charge in [0, 0.05) is 26.3 Å². The Hall–Kier alpha value is -0.120. The zero-order valence-electron chi connectivity index (χ0n) is 14.2. The summed E-state index contributed by atoms with van der Waals surface area (Å²) in [7, 11) is 0. The molecule has 1 heterocycles. The van der Waals surface area contributed by atoms with Crippen LogP contribution in [0.2, 0.25) is 0 Å². The first kappa shape index (κ1) is 17.2. The number of ether oxygens (including phenoxy) is 2. The second-order valence-corrected chi connectivity index (χ2v) is 6.74. The Bertz CT molecular complexity index is 230. The molecule has 21 heavy (non-hydrogen) atoms. The Morgan fingerprint density at radius 2 is 1.38 bits per heavy atom. The monoisotopic (exact) mass is 297 g/mol. The number of hydrogen-bond donors (Lipinski definition) is 0. The molecule has 0 unspecified atom stereocenters. The van der Waals surface area contributed by atoms with Gasteiger partial charge in [-0.1, -0.05) is 0 Å². The molecule has 3 heteroatoms. The summed E-state index contributed by atoms with van der Waals surface area (Å²) in [6.07, 6.45) is 11.7. The zero-order valence-corrected chi connectivity index (χ0v) is 14.2. The number of rotatable bonds is 8. The molecule has 0 aromatic carbocycles. The molecule has 1 aliphatic heterocycles. The lowest BCUT2D eigenvalue weighted by Gasteiger charge is -2.32. The van der Waals surface area contributed by atoms with E-state index in [4.69, 9.17) is 9.47 Å². The first-order chi connectivity index (χ1) is 10.3. The van der Waals surface area contributed by atoms with Crippen molar-refractivity contribution in [1.82, 2.24) is 4.90 Å². The molecule has 0 N–H and O–H groups in total. The van der Waals surface area contributed by atoms with Crippen LogP contribution in [0.25, 0.3) is 0 Å². The number of nitrogens with zero attached hydrogens (tertiary/aromatic N) is 1. The Labute approximate surface area is 131 Å². The minimum Gasteiger partial charge on any atom is -0.379 e. The van der Waals surface area contributed by atoms with Crippen LogP contribution in [0.3, 0.4) is 0 Å². The molecular formula is C18H35NO2. The lowest BCUT2D eigenvalue weighted by molar-refractivity contribution is 0.0124. The Balaban J connectivity index is 1.51. The molecule has 2 rings (SSSR count). The van der Waals surface area contributed by atoms with Crippen molar-refractivity contribution in [3.8, 4) is 0 Å².